The van der Waals surface area contributed by atoms with Crippen molar-refractivity contribution in [2.45, 2.75) is 39.5 Å². The lowest BCUT2D eigenvalue weighted by Crippen LogP contribution is -2.12. The van der Waals surface area contributed by atoms with E-state index in [-0.39, 0.29) is 6.04 Å². The third kappa shape index (κ3) is 3.15. The van der Waals surface area contributed by atoms with Gasteiger partial charge in [0.1, 0.15) is 18.2 Å². The Bertz CT molecular complexity index is 522. The van der Waals surface area contributed by atoms with Crippen LogP contribution >= 0.6 is 0 Å². The summed E-state index contributed by atoms with van der Waals surface area (Å²) >= 11 is 0. The molecule has 1 atom stereocenters. The van der Waals surface area contributed by atoms with Gasteiger partial charge in [0.05, 0.1) is 0 Å². The molecule has 4 nitrogen and oxygen atoms in total. The van der Waals surface area contributed by atoms with E-state index in [1.54, 1.807) is 6.20 Å². The van der Waals surface area contributed by atoms with Gasteiger partial charge in [-0.2, -0.15) is 0 Å². The lowest BCUT2D eigenvalue weighted by Gasteiger charge is -2.15. The van der Waals surface area contributed by atoms with Crippen LogP contribution in [0.5, 0.6) is 5.75 Å². The standard InChI is InChI=1S/C15H21N3O/c1-3-13(16)12-7-5-6-8-14(12)19-11-15-17-9-10-18(15)4-2/h5-10,13H,3-4,11,16H2,1-2H3. The van der Waals surface area contributed by atoms with E-state index < -0.39 is 0 Å². The molecule has 0 saturated carbocycles. The van der Waals surface area contributed by atoms with Crippen molar-refractivity contribution in [3.05, 3.63) is 48.0 Å². The molecule has 0 radical (unpaired) electrons. The van der Waals surface area contributed by atoms with E-state index in [1.807, 2.05) is 30.5 Å². The maximum Gasteiger partial charge on any atom is 0.146 e. The molecular weight excluding hydrogens is 238 g/mol. The SMILES string of the molecule is CCC(N)c1ccccc1OCc1nccn1CC. The Kier molecular flexibility index (Phi) is 4.58. The predicted molar refractivity (Wildman–Crippen MR) is 75.9 cm³/mol. The molecule has 0 saturated heterocycles. The van der Waals surface area contributed by atoms with Gasteiger partial charge in [-0.25, -0.2) is 4.98 Å². The summed E-state index contributed by atoms with van der Waals surface area (Å²) in [6, 6.07) is 7.96. The van der Waals surface area contributed by atoms with Crippen LogP contribution in [0, 0.1) is 0 Å². The average Bonchev–Trinajstić information content (AvgIpc) is 2.92. The molecule has 0 fully saturated rings. The first-order chi connectivity index (χ1) is 9.26. The van der Waals surface area contributed by atoms with Gasteiger partial charge in [-0.3, -0.25) is 0 Å². The molecular formula is C15H21N3O. The summed E-state index contributed by atoms with van der Waals surface area (Å²) in [6.07, 6.45) is 4.65. The van der Waals surface area contributed by atoms with Crippen LogP contribution in [0.25, 0.3) is 0 Å². The fourth-order valence-corrected chi connectivity index (χ4v) is 2.05. The van der Waals surface area contributed by atoms with Gasteiger partial charge in [0.15, 0.2) is 0 Å². The first-order valence-electron chi connectivity index (χ1n) is 6.73. The van der Waals surface area contributed by atoms with Crippen LogP contribution in [0.3, 0.4) is 0 Å². The zero-order valence-electron chi connectivity index (χ0n) is 11.5. The zero-order chi connectivity index (χ0) is 13.7. The highest BCUT2D eigenvalue weighted by atomic mass is 16.5. The highest BCUT2D eigenvalue weighted by Gasteiger charge is 2.10. The van der Waals surface area contributed by atoms with Crippen LogP contribution in [-0.4, -0.2) is 9.55 Å². The number of aromatic nitrogens is 2. The van der Waals surface area contributed by atoms with Crippen molar-refractivity contribution >= 4 is 0 Å². The number of hydrogen-bond acceptors (Lipinski definition) is 3. The fourth-order valence-electron chi connectivity index (χ4n) is 2.05. The number of ether oxygens (including phenoxy) is 1. The summed E-state index contributed by atoms with van der Waals surface area (Å²) in [6.45, 7) is 5.53. The smallest absolute Gasteiger partial charge is 0.146 e. The molecule has 2 rings (SSSR count). The number of rotatable bonds is 6. The molecule has 2 aromatic rings. The highest BCUT2D eigenvalue weighted by Crippen LogP contribution is 2.25. The molecule has 0 spiro atoms. The van der Waals surface area contributed by atoms with Crippen LogP contribution < -0.4 is 10.5 Å². The Morgan fingerprint density at radius 3 is 2.84 bits per heavy atom. The molecule has 0 aliphatic heterocycles. The normalized spacial score (nSPS) is 12.4. The van der Waals surface area contributed by atoms with Gasteiger partial charge in [-0.1, -0.05) is 25.1 Å². The van der Waals surface area contributed by atoms with Crippen molar-refractivity contribution in [2.75, 3.05) is 0 Å². The Morgan fingerprint density at radius 1 is 1.32 bits per heavy atom. The van der Waals surface area contributed by atoms with Crippen molar-refractivity contribution in [3.63, 3.8) is 0 Å². The van der Waals surface area contributed by atoms with Crippen molar-refractivity contribution in [2.24, 2.45) is 5.73 Å². The Balaban J connectivity index is 2.11. The van der Waals surface area contributed by atoms with Gasteiger partial charge in [-0.05, 0) is 19.4 Å². The van der Waals surface area contributed by atoms with Crippen molar-refractivity contribution in [3.8, 4) is 5.75 Å². The van der Waals surface area contributed by atoms with Crippen LogP contribution in [-0.2, 0) is 13.2 Å². The number of nitrogens with two attached hydrogens (primary N) is 1. The summed E-state index contributed by atoms with van der Waals surface area (Å²) in [4.78, 5) is 4.30. The summed E-state index contributed by atoms with van der Waals surface area (Å²) in [5, 5.41) is 0. The summed E-state index contributed by atoms with van der Waals surface area (Å²) in [5.41, 5.74) is 7.15. The van der Waals surface area contributed by atoms with Crippen LogP contribution in [0.2, 0.25) is 0 Å². The Labute approximate surface area is 114 Å². The second kappa shape index (κ2) is 6.38. The molecule has 102 valence electrons. The molecule has 2 N–H and O–H groups in total. The Hall–Kier alpha value is -1.81. The average molecular weight is 259 g/mol. The lowest BCUT2D eigenvalue weighted by molar-refractivity contribution is 0.285. The maximum absolute atomic E-state index is 6.10. The largest absolute Gasteiger partial charge is 0.485 e. The van der Waals surface area contributed by atoms with E-state index in [0.717, 1.165) is 30.1 Å². The van der Waals surface area contributed by atoms with E-state index in [0.29, 0.717) is 6.61 Å². The lowest BCUT2D eigenvalue weighted by atomic mass is 10.0. The molecule has 1 heterocycles. The van der Waals surface area contributed by atoms with E-state index in [4.69, 9.17) is 10.5 Å². The quantitative estimate of drug-likeness (QED) is 0.867. The van der Waals surface area contributed by atoms with Gasteiger partial charge >= 0.3 is 0 Å². The van der Waals surface area contributed by atoms with Crippen molar-refractivity contribution in [1.82, 2.24) is 9.55 Å². The molecule has 0 aliphatic rings. The first kappa shape index (κ1) is 13.6. The number of aryl methyl sites for hydroxylation is 1. The highest BCUT2D eigenvalue weighted by molar-refractivity contribution is 5.35. The van der Waals surface area contributed by atoms with Gasteiger partial charge in [0.2, 0.25) is 0 Å². The van der Waals surface area contributed by atoms with Crippen LogP contribution in [0.4, 0.5) is 0 Å². The second-order valence-corrected chi connectivity index (χ2v) is 4.47. The number of hydrogen-bond donors (Lipinski definition) is 1. The van der Waals surface area contributed by atoms with Gasteiger partial charge in [0.25, 0.3) is 0 Å². The molecule has 4 heteroatoms. The fraction of sp³-hybridized carbons (Fsp3) is 0.400. The minimum Gasteiger partial charge on any atom is -0.485 e. The van der Waals surface area contributed by atoms with Gasteiger partial charge in [0, 0.05) is 30.5 Å². The van der Waals surface area contributed by atoms with Crippen LogP contribution in [0.15, 0.2) is 36.7 Å². The molecule has 1 aromatic carbocycles. The van der Waals surface area contributed by atoms with E-state index >= 15 is 0 Å². The maximum atomic E-state index is 6.10. The predicted octanol–water partition coefficient (Wildman–Crippen LogP) is 2.89. The number of imidazole rings is 1. The van der Waals surface area contributed by atoms with E-state index in [9.17, 15) is 0 Å². The second-order valence-electron chi connectivity index (χ2n) is 4.47. The third-order valence-corrected chi connectivity index (χ3v) is 3.26. The summed E-state index contributed by atoms with van der Waals surface area (Å²) < 4.78 is 7.96. The van der Waals surface area contributed by atoms with Gasteiger partial charge in [-0.15, -0.1) is 0 Å². The third-order valence-electron chi connectivity index (χ3n) is 3.26. The minimum absolute atomic E-state index is 0.0159. The molecule has 19 heavy (non-hydrogen) atoms. The molecule has 1 unspecified atom stereocenters. The Morgan fingerprint density at radius 2 is 2.11 bits per heavy atom. The van der Waals surface area contributed by atoms with Crippen LogP contribution in [0.1, 0.15) is 37.7 Å². The number of nitrogens with zero attached hydrogens (tertiary/aromatic N) is 2. The summed E-state index contributed by atoms with van der Waals surface area (Å²) in [5.74, 6) is 1.78. The molecule has 0 aliphatic carbocycles. The zero-order valence-corrected chi connectivity index (χ0v) is 11.5. The molecule has 0 amide bonds. The monoisotopic (exact) mass is 259 g/mol. The van der Waals surface area contributed by atoms with E-state index in [2.05, 4.69) is 23.4 Å². The topological polar surface area (TPSA) is 53.1 Å². The first-order valence-corrected chi connectivity index (χ1v) is 6.73. The molecule has 1 aromatic heterocycles. The van der Waals surface area contributed by atoms with Crippen molar-refractivity contribution in [1.29, 1.82) is 0 Å². The molecule has 0 bridgehead atoms. The van der Waals surface area contributed by atoms with Gasteiger partial charge < -0.3 is 15.0 Å². The summed E-state index contributed by atoms with van der Waals surface area (Å²) in [7, 11) is 0. The minimum atomic E-state index is 0.0159. The number of benzene rings is 1. The van der Waals surface area contributed by atoms with E-state index in [1.165, 1.54) is 0 Å². The number of para-hydroxylation sites is 1. The van der Waals surface area contributed by atoms with Crippen molar-refractivity contribution < 1.29 is 4.74 Å².